The molecule has 9 heteroatoms. The molecule has 29 heavy (non-hydrogen) atoms. The number of benzene rings is 2. The Morgan fingerprint density at radius 2 is 1.79 bits per heavy atom. The highest BCUT2D eigenvalue weighted by Crippen LogP contribution is 2.31. The van der Waals surface area contributed by atoms with Crippen molar-refractivity contribution in [3.8, 4) is 0 Å². The topological polar surface area (TPSA) is 113 Å². The van der Waals surface area contributed by atoms with Crippen LogP contribution in [-0.4, -0.2) is 27.8 Å². The SMILES string of the molecule is Cc1ccc(C(=O)NNc2ncnc(N(C)Cc3ccccc3)c2[N+](=O)[O-])cc1. The molecule has 1 aromatic heterocycles. The van der Waals surface area contributed by atoms with E-state index >= 15 is 0 Å². The van der Waals surface area contributed by atoms with Crippen LogP contribution in [0.15, 0.2) is 60.9 Å². The van der Waals surface area contributed by atoms with Gasteiger partial charge in [-0.1, -0.05) is 48.0 Å². The van der Waals surface area contributed by atoms with Gasteiger partial charge in [-0.05, 0) is 24.6 Å². The normalized spacial score (nSPS) is 10.3. The van der Waals surface area contributed by atoms with Crippen LogP contribution in [0.25, 0.3) is 0 Å². The van der Waals surface area contributed by atoms with E-state index in [0.717, 1.165) is 11.1 Å². The van der Waals surface area contributed by atoms with E-state index in [2.05, 4.69) is 20.8 Å². The Balaban J connectivity index is 1.80. The summed E-state index contributed by atoms with van der Waals surface area (Å²) in [5.74, 6) is -0.390. The Morgan fingerprint density at radius 3 is 2.45 bits per heavy atom. The molecule has 0 spiro atoms. The van der Waals surface area contributed by atoms with E-state index in [1.54, 1.807) is 36.2 Å². The molecule has 3 aromatic rings. The molecule has 9 nitrogen and oxygen atoms in total. The number of aromatic nitrogens is 2. The number of hydrazine groups is 1. The summed E-state index contributed by atoms with van der Waals surface area (Å²) in [4.78, 5) is 33.1. The third kappa shape index (κ3) is 4.83. The second-order valence-electron chi connectivity index (χ2n) is 6.44. The molecule has 0 unspecified atom stereocenters. The monoisotopic (exact) mass is 392 g/mol. The summed E-state index contributed by atoms with van der Waals surface area (Å²) in [5.41, 5.74) is 7.08. The summed E-state index contributed by atoms with van der Waals surface area (Å²) in [7, 11) is 1.71. The predicted octanol–water partition coefficient (Wildman–Crippen LogP) is 3.09. The van der Waals surface area contributed by atoms with Crippen LogP contribution in [0.1, 0.15) is 21.5 Å². The number of carbonyl (C=O) groups is 1. The first-order valence-corrected chi connectivity index (χ1v) is 8.83. The quantitative estimate of drug-likeness (QED) is 0.469. The number of anilines is 2. The maximum absolute atomic E-state index is 12.3. The Labute approximate surface area is 167 Å². The maximum Gasteiger partial charge on any atom is 0.355 e. The molecule has 3 rings (SSSR count). The first kappa shape index (κ1) is 19.7. The zero-order chi connectivity index (χ0) is 20.8. The highest BCUT2D eigenvalue weighted by molar-refractivity contribution is 5.95. The van der Waals surface area contributed by atoms with Gasteiger partial charge in [0.1, 0.15) is 6.33 Å². The smallest absolute Gasteiger partial charge is 0.349 e. The molecular weight excluding hydrogens is 372 g/mol. The number of amides is 1. The van der Waals surface area contributed by atoms with Gasteiger partial charge < -0.3 is 4.90 Å². The number of aryl methyl sites for hydroxylation is 1. The van der Waals surface area contributed by atoms with Gasteiger partial charge in [-0.25, -0.2) is 9.97 Å². The number of nitrogens with zero attached hydrogens (tertiary/aromatic N) is 4. The van der Waals surface area contributed by atoms with Crippen molar-refractivity contribution >= 4 is 23.2 Å². The lowest BCUT2D eigenvalue weighted by atomic mass is 10.1. The molecule has 0 aliphatic heterocycles. The summed E-state index contributed by atoms with van der Waals surface area (Å²) in [6.07, 6.45) is 1.21. The van der Waals surface area contributed by atoms with Crippen molar-refractivity contribution in [2.24, 2.45) is 0 Å². The van der Waals surface area contributed by atoms with E-state index in [4.69, 9.17) is 0 Å². The highest BCUT2D eigenvalue weighted by Gasteiger charge is 2.26. The first-order chi connectivity index (χ1) is 14.0. The van der Waals surface area contributed by atoms with Crippen LogP contribution in [0.4, 0.5) is 17.3 Å². The van der Waals surface area contributed by atoms with Crippen LogP contribution >= 0.6 is 0 Å². The molecule has 0 fully saturated rings. The number of nitrogens with one attached hydrogen (secondary N) is 2. The minimum Gasteiger partial charge on any atom is -0.349 e. The largest absolute Gasteiger partial charge is 0.355 e. The fourth-order valence-corrected chi connectivity index (χ4v) is 2.73. The van der Waals surface area contributed by atoms with Crippen molar-refractivity contribution in [2.75, 3.05) is 17.4 Å². The predicted molar refractivity (Wildman–Crippen MR) is 110 cm³/mol. The van der Waals surface area contributed by atoms with Gasteiger partial charge in [0, 0.05) is 19.2 Å². The standard InChI is InChI=1S/C20H20N6O3/c1-14-8-10-16(11-9-14)20(27)24-23-18-17(26(28)29)19(22-13-21-18)25(2)12-15-6-4-3-5-7-15/h3-11,13H,12H2,1-2H3,(H,24,27)(H,21,22,23). The zero-order valence-corrected chi connectivity index (χ0v) is 16.0. The van der Waals surface area contributed by atoms with Gasteiger partial charge in [0.2, 0.25) is 11.6 Å². The van der Waals surface area contributed by atoms with Crippen molar-refractivity contribution in [1.82, 2.24) is 15.4 Å². The summed E-state index contributed by atoms with van der Waals surface area (Å²) in [5, 5.41) is 11.7. The van der Waals surface area contributed by atoms with E-state index < -0.39 is 10.8 Å². The Bertz CT molecular complexity index is 1010. The molecule has 0 saturated heterocycles. The molecule has 2 N–H and O–H groups in total. The second kappa shape index (κ2) is 8.79. The van der Waals surface area contributed by atoms with Crippen molar-refractivity contribution in [1.29, 1.82) is 0 Å². The molecule has 1 amide bonds. The Kier molecular flexibility index (Phi) is 5.98. The summed E-state index contributed by atoms with van der Waals surface area (Å²) in [6.45, 7) is 2.34. The lowest BCUT2D eigenvalue weighted by Crippen LogP contribution is -2.30. The van der Waals surface area contributed by atoms with Gasteiger partial charge in [-0.15, -0.1) is 0 Å². The molecule has 0 aliphatic carbocycles. The van der Waals surface area contributed by atoms with Crippen molar-refractivity contribution in [2.45, 2.75) is 13.5 Å². The van der Waals surface area contributed by atoms with E-state index in [1.807, 2.05) is 37.3 Å². The highest BCUT2D eigenvalue weighted by atomic mass is 16.6. The van der Waals surface area contributed by atoms with Gasteiger partial charge in [0.05, 0.1) is 4.92 Å². The number of carbonyl (C=O) groups excluding carboxylic acids is 1. The van der Waals surface area contributed by atoms with Gasteiger partial charge in [0.25, 0.3) is 5.91 Å². The molecule has 0 radical (unpaired) electrons. The third-order valence-corrected chi connectivity index (χ3v) is 4.22. The number of nitro groups is 1. The molecule has 2 aromatic carbocycles. The van der Waals surface area contributed by atoms with Crippen LogP contribution in [-0.2, 0) is 6.54 Å². The van der Waals surface area contributed by atoms with Crippen LogP contribution in [0.2, 0.25) is 0 Å². The van der Waals surface area contributed by atoms with Gasteiger partial charge in [0.15, 0.2) is 0 Å². The number of hydrogen-bond donors (Lipinski definition) is 2. The molecule has 1 heterocycles. The Morgan fingerprint density at radius 1 is 1.10 bits per heavy atom. The number of hydrogen-bond acceptors (Lipinski definition) is 7. The van der Waals surface area contributed by atoms with E-state index in [0.29, 0.717) is 12.1 Å². The molecule has 0 saturated carbocycles. The van der Waals surface area contributed by atoms with Crippen LogP contribution in [0, 0.1) is 17.0 Å². The van der Waals surface area contributed by atoms with Gasteiger partial charge in [-0.2, -0.15) is 0 Å². The average Bonchev–Trinajstić information content (AvgIpc) is 2.72. The summed E-state index contributed by atoms with van der Waals surface area (Å²) in [6, 6.07) is 16.5. The van der Waals surface area contributed by atoms with Gasteiger partial charge in [-0.3, -0.25) is 25.8 Å². The molecule has 0 atom stereocenters. The average molecular weight is 392 g/mol. The third-order valence-electron chi connectivity index (χ3n) is 4.22. The minimum atomic E-state index is -0.572. The molecule has 0 aliphatic rings. The van der Waals surface area contributed by atoms with Crippen LogP contribution in [0.3, 0.4) is 0 Å². The van der Waals surface area contributed by atoms with E-state index in [9.17, 15) is 14.9 Å². The lowest BCUT2D eigenvalue weighted by molar-refractivity contribution is -0.383. The molecular formula is C20H20N6O3. The van der Waals surface area contributed by atoms with Crippen LogP contribution < -0.4 is 15.8 Å². The van der Waals surface area contributed by atoms with Gasteiger partial charge >= 0.3 is 5.69 Å². The fourth-order valence-electron chi connectivity index (χ4n) is 2.73. The maximum atomic E-state index is 12.3. The van der Waals surface area contributed by atoms with Crippen molar-refractivity contribution in [3.05, 3.63) is 87.7 Å². The van der Waals surface area contributed by atoms with Crippen molar-refractivity contribution < 1.29 is 9.72 Å². The summed E-state index contributed by atoms with van der Waals surface area (Å²) >= 11 is 0. The lowest BCUT2D eigenvalue weighted by Gasteiger charge is -2.19. The number of rotatable bonds is 7. The second-order valence-corrected chi connectivity index (χ2v) is 6.44. The van der Waals surface area contributed by atoms with Crippen LogP contribution in [0.5, 0.6) is 0 Å². The van der Waals surface area contributed by atoms with E-state index in [1.165, 1.54) is 6.33 Å². The zero-order valence-electron chi connectivity index (χ0n) is 16.0. The van der Waals surface area contributed by atoms with E-state index in [-0.39, 0.29) is 17.3 Å². The molecule has 0 bridgehead atoms. The Hall–Kier alpha value is -4.01. The minimum absolute atomic E-state index is 0.0969. The van der Waals surface area contributed by atoms with Crippen molar-refractivity contribution in [3.63, 3.8) is 0 Å². The fraction of sp³-hybridized carbons (Fsp3) is 0.150. The molecule has 148 valence electrons. The summed E-state index contributed by atoms with van der Waals surface area (Å²) < 4.78 is 0. The first-order valence-electron chi connectivity index (χ1n) is 8.83.